The summed E-state index contributed by atoms with van der Waals surface area (Å²) in [6.45, 7) is 2.78. The second-order valence-corrected chi connectivity index (χ2v) is 8.60. The van der Waals surface area contributed by atoms with E-state index in [0.717, 1.165) is 36.3 Å². The van der Waals surface area contributed by atoms with Gasteiger partial charge in [-0.1, -0.05) is 0 Å². The lowest BCUT2D eigenvalue weighted by Gasteiger charge is -2.39. The van der Waals surface area contributed by atoms with E-state index >= 15 is 0 Å². The molecule has 2 aliphatic heterocycles. The number of rotatable bonds is 6. The molecule has 9 nitrogen and oxygen atoms in total. The summed E-state index contributed by atoms with van der Waals surface area (Å²) in [7, 11) is 0. The van der Waals surface area contributed by atoms with Crippen LogP contribution in [0.15, 0.2) is 24.4 Å². The standard InChI is InChI=1S/C23H25N9/c1-14-10-20(31-30-14)28-23-19(13-25)21-18(4-2-8-26-21)22(29-23)27-15-11-16-5-6-17(12-15)32(16)9-3-7-24/h2,4,8,10,15-17H,3,5-6,9,11-12H2,1H3,(H3,27,28,29,30,31). The Kier molecular flexibility index (Phi) is 5.34. The van der Waals surface area contributed by atoms with Gasteiger partial charge >= 0.3 is 0 Å². The van der Waals surface area contributed by atoms with E-state index in [2.05, 4.69) is 42.9 Å². The van der Waals surface area contributed by atoms with Crippen LogP contribution in [0.25, 0.3) is 10.9 Å². The summed E-state index contributed by atoms with van der Waals surface area (Å²) >= 11 is 0. The molecule has 0 saturated carbocycles. The van der Waals surface area contributed by atoms with E-state index in [0.29, 0.717) is 41.2 Å². The average Bonchev–Trinajstić information content (AvgIpc) is 3.31. The van der Waals surface area contributed by atoms with Gasteiger partial charge in [0.15, 0.2) is 11.6 Å². The van der Waals surface area contributed by atoms with Crippen molar-refractivity contribution in [3.8, 4) is 12.1 Å². The van der Waals surface area contributed by atoms with E-state index in [1.54, 1.807) is 6.20 Å². The highest BCUT2D eigenvalue weighted by Crippen LogP contribution is 2.38. The van der Waals surface area contributed by atoms with Crippen molar-refractivity contribution in [2.24, 2.45) is 0 Å². The first-order valence-corrected chi connectivity index (χ1v) is 11.0. The molecule has 2 unspecified atom stereocenters. The van der Waals surface area contributed by atoms with Gasteiger partial charge in [-0.25, -0.2) is 4.98 Å². The summed E-state index contributed by atoms with van der Waals surface area (Å²) in [5.41, 5.74) is 1.94. The van der Waals surface area contributed by atoms with Crippen LogP contribution in [0, 0.1) is 29.6 Å². The lowest BCUT2D eigenvalue weighted by atomic mass is 9.96. The molecule has 0 aliphatic carbocycles. The summed E-state index contributed by atoms with van der Waals surface area (Å²) < 4.78 is 0. The molecule has 5 heterocycles. The van der Waals surface area contributed by atoms with Crippen LogP contribution in [0.1, 0.15) is 43.4 Å². The zero-order valence-corrected chi connectivity index (χ0v) is 18.0. The van der Waals surface area contributed by atoms with Crippen molar-refractivity contribution in [3.05, 3.63) is 35.7 Å². The number of hydrogen-bond acceptors (Lipinski definition) is 8. The maximum Gasteiger partial charge on any atom is 0.154 e. The van der Waals surface area contributed by atoms with Crippen molar-refractivity contribution in [3.63, 3.8) is 0 Å². The van der Waals surface area contributed by atoms with Gasteiger partial charge in [0.25, 0.3) is 0 Å². The highest BCUT2D eigenvalue weighted by atomic mass is 15.2. The van der Waals surface area contributed by atoms with Gasteiger partial charge in [-0.2, -0.15) is 15.6 Å². The molecule has 5 rings (SSSR count). The van der Waals surface area contributed by atoms with Gasteiger partial charge in [0, 0.05) is 54.4 Å². The number of nitrogens with zero attached hydrogens (tertiary/aromatic N) is 6. The Morgan fingerprint density at radius 3 is 2.72 bits per heavy atom. The number of H-pyrrole nitrogens is 1. The molecule has 2 aliphatic rings. The van der Waals surface area contributed by atoms with Crippen LogP contribution in [-0.2, 0) is 0 Å². The third-order valence-electron chi connectivity index (χ3n) is 6.53. The van der Waals surface area contributed by atoms with E-state index < -0.39 is 0 Å². The summed E-state index contributed by atoms with van der Waals surface area (Å²) in [5, 5.41) is 33.6. The Morgan fingerprint density at radius 2 is 2.03 bits per heavy atom. The largest absolute Gasteiger partial charge is 0.367 e. The highest BCUT2D eigenvalue weighted by Gasteiger charge is 2.40. The minimum Gasteiger partial charge on any atom is -0.367 e. The zero-order chi connectivity index (χ0) is 22.1. The molecule has 9 heteroatoms. The first-order chi connectivity index (χ1) is 15.7. The molecule has 2 fully saturated rings. The number of aromatic nitrogens is 4. The predicted molar refractivity (Wildman–Crippen MR) is 121 cm³/mol. The monoisotopic (exact) mass is 427 g/mol. The van der Waals surface area contributed by atoms with Crippen LogP contribution >= 0.6 is 0 Å². The SMILES string of the molecule is Cc1cc(Nc2nc(NC3CC4CCC(C3)N4CCC#N)c3cccnc3c2C#N)n[nH]1. The number of nitrogens with one attached hydrogen (secondary N) is 3. The van der Waals surface area contributed by atoms with Crippen LogP contribution in [0.4, 0.5) is 17.5 Å². The molecule has 0 amide bonds. The Bertz CT molecular complexity index is 1200. The topological polar surface area (TPSA) is 129 Å². The normalized spacial score (nSPS) is 22.4. The first-order valence-electron chi connectivity index (χ1n) is 11.0. The number of hydrogen-bond donors (Lipinski definition) is 3. The first kappa shape index (κ1) is 20.2. The summed E-state index contributed by atoms with van der Waals surface area (Å²) in [5.74, 6) is 1.79. The number of aryl methyl sites for hydroxylation is 1. The molecule has 0 aromatic carbocycles. The number of fused-ring (bicyclic) bond motifs is 3. The molecule has 3 aromatic heterocycles. The Hall–Kier alpha value is -3.69. The minimum absolute atomic E-state index is 0.287. The van der Waals surface area contributed by atoms with Crippen LogP contribution in [0.2, 0.25) is 0 Å². The molecule has 162 valence electrons. The van der Waals surface area contributed by atoms with E-state index in [1.807, 2.05) is 25.1 Å². The van der Waals surface area contributed by atoms with E-state index in [9.17, 15) is 5.26 Å². The maximum absolute atomic E-state index is 9.84. The fourth-order valence-electron chi connectivity index (χ4n) is 5.18. The lowest BCUT2D eigenvalue weighted by Crippen LogP contribution is -2.47. The summed E-state index contributed by atoms with van der Waals surface area (Å²) in [6.07, 6.45) is 6.69. The third kappa shape index (κ3) is 3.72. The van der Waals surface area contributed by atoms with Crippen molar-refractivity contribution in [1.82, 2.24) is 25.1 Å². The fourth-order valence-corrected chi connectivity index (χ4v) is 5.18. The molecule has 3 aromatic rings. The molecule has 3 N–H and O–H groups in total. The van der Waals surface area contributed by atoms with Crippen molar-refractivity contribution >= 4 is 28.4 Å². The number of pyridine rings is 2. The summed E-state index contributed by atoms with van der Waals surface area (Å²) in [4.78, 5) is 11.8. The molecule has 0 spiro atoms. The van der Waals surface area contributed by atoms with Crippen LogP contribution in [0.5, 0.6) is 0 Å². The van der Waals surface area contributed by atoms with Gasteiger partial charge in [0.2, 0.25) is 0 Å². The smallest absolute Gasteiger partial charge is 0.154 e. The number of nitriles is 2. The second-order valence-electron chi connectivity index (χ2n) is 8.60. The molecular formula is C23H25N9. The minimum atomic E-state index is 0.287. The van der Waals surface area contributed by atoms with Gasteiger partial charge in [-0.15, -0.1) is 0 Å². The molecule has 2 saturated heterocycles. The van der Waals surface area contributed by atoms with Gasteiger partial charge in [-0.05, 0) is 44.7 Å². The number of anilines is 3. The molecule has 2 bridgehead atoms. The van der Waals surface area contributed by atoms with E-state index in [1.165, 1.54) is 12.8 Å². The predicted octanol–water partition coefficient (Wildman–Crippen LogP) is 3.60. The Balaban J connectivity index is 1.45. The lowest BCUT2D eigenvalue weighted by molar-refractivity contribution is 0.136. The zero-order valence-electron chi connectivity index (χ0n) is 18.0. The molecule has 32 heavy (non-hydrogen) atoms. The fraction of sp³-hybridized carbons (Fsp3) is 0.435. The van der Waals surface area contributed by atoms with Crippen molar-refractivity contribution in [2.75, 3.05) is 17.2 Å². The Labute approximate surface area is 186 Å². The highest BCUT2D eigenvalue weighted by molar-refractivity contribution is 5.96. The van der Waals surface area contributed by atoms with Gasteiger partial charge in [-0.3, -0.25) is 15.0 Å². The van der Waals surface area contributed by atoms with Crippen LogP contribution in [0.3, 0.4) is 0 Å². The van der Waals surface area contributed by atoms with Crippen molar-refractivity contribution in [1.29, 1.82) is 10.5 Å². The summed E-state index contributed by atoms with van der Waals surface area (Å²) in [6, 6.07) is 11.5. The van der Waals surface area contributed by atoms with Crippen LogP contribution in [-0.4, -0.2) is 49.7 Å². The van der Waals surface area contributed by atoms with Crippen molar-refractivity contribution < 1.29 is 0 Å². The molecule has 0 radical (unpaired) electrons. The average molecular weight is 428 g/mol. The maximum atomic E-state index is 9.84. The number of piperidine rings is 1. The second kappa shape index (κ2) is 8.45. The molecular weight excluding hydrogens is 402 g/mol. The van der Waals surface area contributed by atoms with E-state index in [-0.39, 0.29) is 6.04 Å². The van der Waals surface area contributed by atoms with Gasteiger partial charge < -0.3 is 10.6 Å². The quantitative estimate of drug-likeness (QED) is 0.544. The number of aromatic amines is 1. The Morgan fingerprint density at radius 1 is 1.22 bits per heavy atom. The van der Waals surface area contributed by atoms with Crippen LogP contribution < -0.4 is 10.6 Å². The van der Waals surface area contributed by atoms with E-state index in [4.69, 9.17) is 10.2 Å². The van der Waals surface area contributed by atoms with Gasteiger partial charge in [0.05, 0.1) is 11.6 Å². The molecule has 2 atom stereocenters. The van der Waals surface area contributed by atoms with Gasteiger partial charge in [0.1, 0.15) is 17.5 Å². The third-order valence-corrected chi connectivity index (χ3v) is 6.53. The van der Waals surface area contributed by atoms with Crippen molar-refractivity contribution in [2.45, 2.75) is 57.2 Å².